The van der Waals surface area contributed by atoms with Gasteiger partial charge in [0.05, 0.1) is 7.11 Å². The predicted molar refractivity (Wildman–Crippen MR) is 44.7 cm³/mol. The largest absolute Gasteiger partial charge is 0.497 e. The minimum atomic E-state index is -0.819. The van der Waals surface area contributed by atoms with Crippen LogP contribution in [0.4, 0.5) is 0 Å². The summed E-state index contributed by atoms with van der Waals surface area (Å²) in [5, 5.41) is 0. The van der Waals surface area contributed by atoms with E-state index < -0.39 is 5.60 Å². The summed E-state index contributed by atoms with van der Waals surface area (Å²) < 4.78 is 10.1. The van der Waals surface area contributed by atoms with E-state index in [0.717, 1.165) is 6.29 Å². The van der Waals surface area contributed by atoms with Gasteiger partial charge in [-0.1, -0.05) is 6.08 Å². The van der Waals surface area contributed by atoms with Crippen molar-refractivity contribution >= 4 is 6.29 Å². The summed E-state index contributed by atoms with van der Waals surface area (Å²) in [5.74, 6) is 0.662. The molecule has 1 unspecified atom stereocenters. The molecule has 0 heterocycles. The lowest BCUT2D eigenvalue weighted by molar-refractivity contribution is -0.122. The second-order valence-corrected chi connectivity index (χ2v) is 2.63. The Hall–Kier alpha value is -1.09. The maximum atomic E-state index is 10.7. The minimum Gasteiger partial charge on any atom is -0.497 e. The summed E-state index contributed by atoms with van der Waals surface area (Å²) in [6, 6.07) is 0. The van der Waals surface area contributed by atoms with Crippen LogP contribution in [-0.4, -0.2) is 26.1 Å². The Kier molecular flexibility index (Phi) is 2.65. The monoisotopic (exact) mass is 168 g/mol. The molecule has 1 rings (SSSR count). The molecule has 0 aromatic heterocycles. The summed E-state index contributed by atoms with van der Waals surface area (Å²) in [5.41, 5.74) is -0.819. The normalized spacial score (nSPS) is 28.0. The van der Waals surface area contributed by atoms with E-state index in [9.17, 15) is 4.79 Å². The van der Waals surface area contributed by atoms with Gasteiger partial charge in [0.15, 0.2) is 6.29 Å². The standard InChI is InChI=1S/C9H12O3/c1-11-8-4-3-5-9(6-8,7-10)12-2/h3-4,6-7H,5H2,1-2H3. The van der Waals surface area contributed by atoms with Crippen LogP contribution in [0.2, 0.25) is 0 Å². The third-order valence-corrected chi connectivity index (χ3v) is 1.92. The number of carbonyl (C=O) groups excluding carboxylic acids is 1. The van der Waals surface area contributed by atoms with Crippen LogP contribution < -0.4 is 0 Å². The van der Waals surface area contributed by atoms with E-state index in [-0.39, 0.29) is 0 Å². The SMILES string of the molecule is COC1=CC(C=O)(OC)CC=C1. The number of hydrogen-bond donors (Lipinski definition) is 0. The predicted octanol–water partition coefficient (Wildman–Crippen LogP) is 1.06. The van der Waals surface area contributed by atoms with Crippen molar-refractivity contribution in [1.29, 1.82) is 0 Å². The average molecular weight is 168 g/mol. The fourth-order valence-corrected chi connectivity index (χ4v) is 1.11. The van der Waals surface area contributed by atoms with Crippen LogP contribution in [0.1, 0.15) is 6.42 Å². The van der Waals surface area contributed by atoms with E-state index in [0.29, 0.717) is 12.2 Å². The fraction of sp³-hybridized carbons (Fsp3) is 0.444. The Morgan fingerprint density at radius 2 is 2.33 bits per heavy atom. The highest BCUT2D eigenvalue weighted by Crippen LogP contribution is 2.22. The third kappa shape index (κ3) is 1.56. The highest BCUT2D eigenvalue weighted by molar-refractivity contribution is 5.68. The molecular formula is C9H12O3. The molecule has 0 saturated heterocycles. The molecule has 66 valence electrons. The van der Waals surface area contributed by atoms with Crippen molar-refractivity contribution in [1.82, 2.24) is 0 Å². The first-order chi connectivity index (χ1) is 5.76. The third-order valence-electron chi connectivity index (χ3n) is 1.92. The van der Waals surface area contributed by atoms with Crippen LogP contribution in [0.15, 0.2) is 24.0 Å². The van der Waals surface area contributed by atoms with Gasteiger partial charge in [-0.15, -0.1) is 0 Å². The van der Waals surface area contributed by atoms with Gasteiger partial charge in [-0.25, -0.2) is 0 Å². The summed E-state index contributed by atoms with van der Waals surface area (Å²) in [4.78, 5) is 10.7. The van der Waals surface area contributed by atoms with Crippen LogP contribution in [0.3, 0.4) is 0 Å². The second kappa shape index (κ2) is 3.54. The molecule has 3 nitrogen and oxygen atoms in total. The van der Waals surface area contributed by atoms with Crippen LogP contribution in [0.5, 0.6) is 0 Å². The minimum absolute atomic E-state index is 0.569. The highest BCUT2D eigenvalue weighted by atomic mass is 16.5. The van der Waals surface area contributed by atoms with Crippen molar-refractivity contribution in [3.8, 4) is 0 Å². The number of aldehydes is 1. The number of carbonyl (C=O) groups is 1. The van der Waals surface area contributed by atoms with E-state index >= 15 is 0 Å². The summed E-state index contributed by atoms with van der Waals surface area (Å²) in [6.45, 7) is 0. The lowest BCUT2D eigenvalue weighted by atomic mass is 9.96. The van der Waals surface area contributed by atoms with E-state index in [4.69, 9.17) is 9.47 Å². The molecule has 1 aliphatic rings. The Morgan fingerprint density at radius 1 is 1.58 bits per heavy atom. The van der Waals surface area contributed by atoms with Crippen molar-refractivity contribution in [2.75, 3.05) is 14.2 Å². The van der Waals surface area contributed by atoms with Crippen LogP contribution >= 0.6 is 0 Å². The van der Waals surface area contributed by atoms with Crippen molar-refractivity contribution in [3.63, 3.8) is 0 Å². The molecule has 0 spiro atoms. The average Bonchev–Trinajstić information content (AvgIpc) is 2.18. The molecule has 0 saturated carbocycles. The van der Waals surface area contributed by atoms with Crippen molar-refractivity contribution in [2.45, 2.75) is 12.0 Å². The zero-order valence-corrected chi connectivity index (χ0v) is 7.24. The molecule has 1 aliphatic carbocycles. The molecule has 0 radical (unpaired) electrons. The molecule has 0 aliphatic heterocycles. The van der Waals surface area contributed by atoms with Gasteiger partial charge >= 0.3 is 0 Å². The van der Waals surface area contributed by atoms with E-state index in [1.54, 1.807) is 13.2 Å². The fourth-order valence-electron chi connectivity index (χ4n) is 1.11. The van der Waals surface area contributed by atoms with E-state index in [1.807, 2.05) is 12.2 Å². The lowest BCUT2D eigenvalue weighted by Gasteiger charge is -2.24. The highest BCUT2D eigenvalue weighted by Gasteiger charge is 2.28. The van der Waals surface area contributed by atoms with Gasteiger partial charge in [0.1, 0.15) is 11.4 Å². The van der Waals surface area contributed by atoms with E-state index in [2.05, 4.69) is 0 Å². The molecule has 12 heavy (non-hydrogen) atoms. The van der Waals surface area contributed by atoms with Crippen molar-refractivity contribution in [3.05, 3.63) is 24.0 Å². The first-order valence-corrected chi connectivity index (χ1v) is 3.71. The molecule has 0 N–H and O–H groups in total. The number of rotatable bonds is 3. The Labute approximate surface area is 71.7 Å². The van der Waals surface area contributed by atoms with Gasteiger partial charge < -0.3 is 9.47 Å². The Balaban J connectivity index is 2.87. The molecule has 0 fully saturated rings. The molecular weight excluding hydrogens is 156 g/mol. The number of ether oxygens (including phenoxy) is 2. The molecule has 3 heteroatoms. The topological polar surface area (TPSA) is 35.5 Å². The second-order valence-electron chi connectivity index (χ2n) is 2.63. The van der Waals surface area contributed by atoms with Crippen molar-refractivity contribution in [2.24, 2.45) is 0 Å². The summed E-state index contributed by atoms with van der Waals surface area (Å²) in [6.07, 6.45) is 6.72. The van der Waals surface area contributed by atoms with E-state index in [1.165, 1.54) is 7.11 Å². The smallest absolute Gasteiger partial charge is 0.156 e. The van der Waals surface area contributed by atoms with Gasteiger partial charge in [0.2, 0.25) is 0 Å². The van der Waals surface area contributed by atoms with Gasteiger partial charge in [0, 0.05) is 13.5 Å². The van der Waals surface area contributed by atoms with Crippen LogP contribution in [0, 0.1) is 0 Å². The molecule has 0 amide bonds. The maximum absolute atomic E-state index is 10.7. The first-order valence-electron chi connectivity index (χ1n) is 3.71. The van der Waals surface area contributed by atoms with Gasteiger partial charge in [0.25, 0.3) is 0 Å². The van der Waals surface area contributed by atoms with Gasteiger partial charge in [-0.2, -0.15) is 0 Å². The summed E-state index contributed by atoms with van der Waals surface area (Å²) in [7, 11) is 3.07. The number of methoxy groups -OCH3 is 2. The van der Waals surface area contributed by atoms with Crippen LogP contribution in [-0.2, 0) is 14.3 Å². The number of hydrogen-bond acceptors (Lipinski definition) is 3. The lowest BCUT2D eigenvalue weighted by Crippen LogP contribution is -2.32. The Bertz CT molecular complexity index is 230. The summed E-state index contributed by atoms with van der Waals surface area (Å²) >= 11 is 0. The molecule has 1 atom stereocenters. The molecule has 0 aromatic carbocycles. The first kappa shape index (κ1) is 9.00. The van der Waals surface area contributed by atoms with Crippen molar-refractivity contribution < 1.29 is 14.3 Å². The molecule has 0 aromatic rings. The van der Waals surface area contributed by atoms with Gasteiger partial charge in [-0.3, -0.25) is 4.79 Å². The van der Waals surface area contributed by atoms with Crippen LogP contribution in [0.25, 0.3) is 0 Å². The zero-order valence-electron chi connectivity index (χ0n) is 7.24. The van der Waals surface area contributed by atoms with Gasteiger partial charge in [-0.05, 0) is 12.2 Å². The molecule has 0 bridgehead atoms. The number of allylic oxidation sites excluding steroid dienone is 1. The quantitative estimate of drug-likeness (QED) is 0.591. The Morgan fingerprint density at radius 3 is 2.83 bits per heavy atom. The zero-order chi connectivity index (χ0) is 9.03. The maximum Gasteiger partial charge on any atom is 0.156 e.